The fraction of sp³-hybridized carbons (Fsp3) is 0.455. The first-order valence-corrected chi connectivity index (χ1v) is 4.68. The van der Waals surface area contributed by atoms with Gasteiger partial charge in [0.05, 0.1) is 12.7 Å². The molecule has 1 aromatic rings. The summed E-state index contributed by atoms with van der Waals surface area (Å²) in [5, 5.41) is 0. The van der Waals surface area contributed by atoms with Gasteiger partial charge in [0.2, 0.25) is 0 Å². The van der Waals surface area contributed by atoms with Gasteiger partial charge in [-0.25, -0.2) is 0 Å². The van der Waals surface area contributed by atoms with Crippen molar-refractivity contribution in [2.24, 2.45) is 0 Å². The molecule has 0 radical (unpaired) electrons. The van der Waals surface area contributed by atoms with Crippen LogP contribution in [0.4, 0.5) is 0 Å². The lowest BCUT2D eigenvalue weighted by Crippen LogP contribution is -2.10. The zero-order chi connectivity index (χ0) is 8.93. The molecule has 0 spiro atoms. The van der Waals surface area contributed by atoms with Gasteiger partial charge >= 0.3 is 0 Å². The molecule has 1 aliphatic rings. The molecular weight excluding hydrogens is 164 g/mol. The van der Waals surface area contributed by atoms with Crippen LogP contribution in [-0.4, -0.2) is 19.5 Å². The lowest BCUT2D eigenvalue weighted by atomic mass is 10.1. The van der Waals surface area contributed by atoms with Gasteiger partial charge in [-0.05, 0) is 18.4 Å². The number of benzene rings is 1. The summed E-state index contributed by atoms with van der Waals surface area (Å²) in [6.45, 7) is 1.23. The van der Waals surface area contributed by atoms with Crippen LogP contribution in [0.5, 0.6) is 0 Å². The van der Waals surface area contributed by atoms with Gasteiger partial charge in [0, 0.05) is 0 Å². The predicted octanol–water partition coefficient (Wildman–Crippen LogP) is 1.99. The van der Waals surface area contributed by atoms with E-state index in [2.05, 4.69) is 24.3 Å². The first-order chi connectivity index (χ1) is 6.45. The monoisotopic (exact) mass is 178 g/mol. The summed E-state index contributed by atoms with van der Waals surface area (Å²) in [5.41, 5.74) is 1.37. The second kappa shape index (κ2) is 4.40. The summed E-state index contributed by atoms with van der Waals surface area (Å²) < 4.78 is 10.5. The average Bonchev–Trinajstić information content (AvgIpc) is 2.69. The van der Waals surface area contributed by atoms with Gasteiger partial charge in [-0.15, -0.1) is 0 Å². The zero-order valence-electron chi connectivity index (χ0n) is 7.61. The third-order valence-electron chi connectivity index (χ3n) is 2.29. The lowest BCUT2D eigenvalue weighted by molar-refractivity contribution is 0.0448. The third-order valence-corrected chi connectivity index (χ3v) is 2.29. The number of ether oxygens (including phenoxy) is 2. The highest BCUT2D eigenvalue weighted by Gasteiger charge is 2.15. The maximum atomic E-state index is 5.35. The van der Waals surface area contributed by atoms with Crippen molar-refractivity contribution >= 4 is 0 Å². The second-order valence-electron chi connectivity index (χ2n) is 3.30. The quantitative estimate of drug-likeness (QED) is 0.704. The molecule has 1 fully saturated rings. The molecule has 2 nitrogen and oxygen atoms in total. The van der Waals surface area contributed by atoms with Crippen molar-refractivity contribution in [3.8, 4) is 0 Å². The van der Waals surface area contributed by atoms with E-state index in [1.54, 1.807) is 0 Å². The Morgan fingerprint density at radius 2 is 2.08 bits per heavy atom. The van der Waals surface area contributed by atoms with Crippen LogP contribution in [0.15, 0.2) is 30.3 Å². The van der Waals surface area contributed by atoms with Gasteiger partial charge in [-0.1, -0.05) is 30.3 Å². The molecule has 1 unspecified atom stereocenters. The molecule has 70 valence electrons. The minimum Gasteiger partial charge on any atom is -0.353 e. The van der Waals surface area contributed by atoms with E-state index in [0.29, 0.717) is 12.9 Å². The molecule has 1 aromatic carbocycles. The maximum absolute atomic E-state index is 5.35. The fourth-order valence-electron chi connectivity index (χ4n) is 1.51. The van der Waals surface area contributed by atoms with E-state index < -0.39 is 0 Å². The predicted molar refractivity (Wildman–Crippen MR) is 50.5 cm³/mol. The molecule has 0 N–H and O–H groups in total. The van der Waals surface area contributed by atoms with Crippen molar-refractivity contribution < 1.29 is 9.47 Å². The van der Waals surface area contributed by atoms with E-state index in [9.17, 15) is 0 Å². The van der Waals surface area contributed by atoms with E-state index in [1.165, 1.54) is 5.56 Å². The summed E-state index contributed by atoms with van der Waals surface area (Å²) >= 11 is 0. The van der Waals surface area contributed by atoms with Gasteiger partial charge < -0.3 is 9.47 Å². The molecule has 0 aromatic heterocycles. The van der Waals surface area contributed by atoms with E-state index in [0.717, 1.165) is 19.4 Å². The SMILES string of the molecule is c1ccc(CCC2COCO2)cc1. The number of hydrogen-bond acceptors (Lipinski definition) is 2. The highest BCUT2D eigenvalue weighted by Crippen LogP contribution is 2.11. The third kappa shape index (κ3) is 2.54. The molecule has 0 bridgehead atoms. The van der Waals surface area contributed by atoms with Crippen LogP contribution in [0.2, 0.25) is 0 Å². The van der Waals surface area contributed by atoms with Crippen LogP contribution in [0.25, 0.3) is 0 Å². The maximum Gasteiger partial charge on any atom is 0.147 e. The topological polar surface area (TPSA) is 18.5 Å². The molecule has 0 aliphatic carbocycles. The normalized spacial score (nSPS) is 22.0. The average molecular weight is 178 g/mol. The van der Waals surface area contributed by atoms with Crippen molar-refractivity contribution in [1.29, 1.82) is 0 Å². The van der Waals surface area contributed by atoms with Gasteiger partial charge in [0.15, 0.2) is 0 Å². The van der Waals surface area contributed by atoms with Gasteiger partial charge in [0.25, 0.3) is 0 Å². The fourth-order valence-corrected chi connectivity index (χ4v) is 1.51. The van der Waals surface area contributed by atoms with Crippen molar-refractivity contribution in [3.05, 3.63) is 35.9 Å². The molecule has 1 atom stereocenters. The molecule has 1 heterocycles. The Labute approximate surface area is 78.5 Å². The molecule has 0 saturated carbocycles. The summed E-state index contributed by atoms with van der Waals surface area (Å²) in [7, 11) is 0. The van der Waals surface area contributed by atoms with Crippen molar-refractivity contribution in [1.82, 2.24) is 0 Å². The van der Waals surface area contributed by atoms with Crippen LogP contribution >= 0.6 is 0 Å². The standard InChI is InChI=1S/C11H14O2/c1-2-4-10(5-3-1)6-7-11-8-12-9-13-11/h1-5,11H,6-9H2. The van der Waals surface area contributed by atoms with Gasteiger partial charge in [-0.3, -0.25) is 0 Å². The van der Waals surface area contributed by atoms with Crippen LogP contribution < -0.4 is 0 Å². The summed E-state index contributed by atoms with van der Waals surface area (Å²) in [5.74, 6) is 0. The Hall–Kier alpha value is -0.860. The molecule has 2 heteroatoms. The first kappa shape index (κ1) is 8.73. The Kier molecular flexibility index (Phi) is 2.95. The Bertz CT molecular complexity index is 240. The van der Waals surface area contributed by atoms with E-state index in [1.807, 2.05) is 6.07 Å². The molecule has 1 aliphatic heterocycles. The Morgan fingerprint density at radius 1 is 1.23 bits per heavy atom. The molecule has 1 saturated heterocycles. The second-order valence-corrected chi connectivity index (χ2v) is 3.30. The first-order valence-electron chi connectivity index (χ1n) is 4.68. The largest absolute Gasteiger partial charge is 0.353 e. The summed E-state index contributed by atoms with van der Waals surface area (Å²) in [6, 6.07) is 10.5. The van der Waals surface area contributed by atoms with Crippen molar-refractivity contribution in [3.63, 3.8) is 0 Å². The Balaban J connectivity index is 1.79. The van der Waals surface area contributed by atoms with E-state index >= 15 is 0 Å². The number of hydrogen-bond donors (Lipinski definition) is 0. The summed E-state index contributed by atoms with van der Waals surface area (Å²) in [6.07, 6.45) is 2.44. The van der Waals surface area contributed by atoms with Crippen molar-refractivity contribution in [2.75, 3.05) is 13.4 Å². The van der Waals surface area contributed by atoms with Crippen LogP contribution in [0.3, 0.4) is 0 Å². The van der Waals surface area contributed by atoms with Crippen LogP contribution in [0.1, 0.15) is 12.0 Å². The Morgan fingerprint density at radius 3 is 2.77 bits per heavy atom. The minimum atomic E-state index is 0.306. The van der Waals surface area contributed by atoms with E-state index in [-0.39, 0.29) is 0 Å². The lowest BCUT2D eigenvalue weighted by Gasteiger charge is -2.06. The number of rotatable bonds is 3. The van der Waals surface area contributed by atoms with E-state index in [4.69, 9.17) is 9.47 Å². The van der Waals surface area contributed by atoms with Crippen LogP contribution in [0, 0.1) is 0 Å². The molecule has 0 amide bonds. The number of aryl methyl sites for hydroxylation is 1. The van der Waals surface area contributed by atoms with Crippen molar-refractivity contribution in [2.45, 2.75) is 18.9 Å². The highest BCUT2D eigenvalue weighted by molar-refractivity contribution is 5.14. The molecular formula is C11H14O2. The summed E-state index contributed by atoms with van der Waals surface area (Å²) in [4.78, 5) is 0. The molecule has 13 heavy (non-hydrogen) atoms. The smallest absolute Gasteiger partial charge is 0.147 e. The molecule has 2 rings (SSSR count). The van der Waals surface area contributed by atoms with Crippen LogP contribution in [-0.2, 0) is 15.9 Å². The van der Waals surface area contributed by atoms with Gasteiger partial charge in [-0.2, -0.15) is 0 Å². The minimum absolute atomic E-state index is 0.306. The zero-order valence-corrected chi connectivity index (χ0v) is 7.61. The van der Waals surface area contributed by atoms with Gasteiger partial charge in [0.1, 0.15) is 6.79 Å². The highest BCUT2D eigenvalue weighted by atomic mass is 16.7.